The summed E-state index contributed by atoms with van der Waals surface area (Å²) in [5.41, 5.74) is 1.90. The van der Waals surface area contributed by atoms with E-state index in [9.17, 15) is 9.90 Å². The van der Waals surface area contributed by atoms with Gasteiger partial charge < -0.3 is 9.84 Å². The number of carbonyl (C=O) groups is 1. The van der Waals surface area contributed by atoms with E-state index in [1.54, 1.807) is 18.2 Å². The number of hydrogen-bond acceptors (Lipinski definition) is 3. The predicted octanol–water partition coefficient (Wildman–Crippen LogP) is 4.03. The van der Waals surface area contributed by atoms with Gasteiger partial charge in [0.2, 0.25) is 5.88 Å². The first-order valence-electron chi connectivity index (χ1n) is 6.51. The molecule has 4 nitrogen and oxygen atoms in total. The highest BCUT2D eigenvalue weighted by molar-refractivity contribution is 6.02. The number of fused-ring (bicyclic) bond motifs is 1. The molecule has 104 valence electrons. The molecule has 4 heteroatoms. The average molecular weight is 279 g/mol. The maximum Gasteiger partial charge on any atom is 0.336 e. The van der Waals surface area contributed by atoms with Crippen molar-refractivity contribution in [3.8, 4) is 11.6 Å². The first kappa shape index (κ1) is 13.1. The lowest BCUT2D eigenvalue weighted by molar-refractivity contribution is 0.0698. The van der Waals surface area contributed by atoms with Gasteiger partial charge in [-0.3, -0.25) is 0 Å². The highest BCUT2D eigenvalue weighted by atomic mass is 16.5. The maximum absolute atomic E-state index is 11.4. The molecular weight excluding hydrogens is 266 g/mol. The van der Waals surface area contributed by atoms with Gasteiger partial charge in [-0.05, 0) is 25.1 Å². The molecule has 0 aliphatic carbocycles. The van der Waals surface area contributed by atoms with Crippen molar-refractivity contribution in [1.82, 2.24) is 4.98 Å². The van der Waals surface area contributed by atoms with Gasteiger partial charge in [0.05, 0.1) is 11.1 Å². The molecule has 2 aromatic carbocycles. The molecule has 0 spiro atoms. The summed E-state index contributed by atoms with van der Waals surface area (Å²) in [7, 11) is 0. The van der Waals surface area contributed by atoms with E-state index in [1.807, 2.05) is 37.3 Å². The van der Waals surface area contributed by atoms with Crippen molar-refractivity contribution in [2.75, 3.05) is 0 Å². The molecule has 1 N–H and O–H groups in total. The normalized spacial score (nSPS) is 10.5. The number of carboxylic acid groups (broad SMARTS) is 1. The number of rotatable bonds is 3. The average Bonchev–Trinajstić information content (AvgIpc) is 2.48. The van der Waals surface area contributed by atoms with Crippen LogP contribution in [-0.2, 0) is 0 Å². The van der Waals surface area contributed by atoms with E-state index in [4.69, 9.17) is 4.74 Å². The van der Waals surface area contributed by atoms with Crippen LogP contribution >= 0.6 is 0 Å². The lowest BCUT2D eigenvalue weighted by atomic mass is 10.1. The van der Waals surface area contributed by atoms with Gasteiger partial charge in [-0.15, -0.1) is 0 Å². The third-order valence-corrected chi connectivity index (χ3v) is 3.17. The van der Waals surface area contributed by atoms with E-state index in [2.05, 4.69) is 4.98 Å². The topological polar surface area (TPSA) is 59.4 Å². The first-order valence-corrected chi connectivity index (χ1v) is 6.51. The Morgan fingerprint density at radius 1 is 1.10 bits per heavy atom. The van der Waals surface area contributed by atoms with Crippen molar-refractivity contribution in [3.63, 3.8) is 0 Å². The Balaban J connectivity index is 2.06. The second-order valence-corrected chi connectivity index (χ2v) is 4.75. The molecule has 1 aromatic heterocycles. The lowest BCUT2D eigenvalue weighted by Gasteiger charge is -2.08. The third-order valence-electron chi connectivity index (χ3n) is 3.17. The molecule has 0 bridgehead atoms. The number of aromatic nitrogens is 1. The number of nitrogens with zero attached hydrogens (tertiary/aromatic N) is 1. The van der Waals surface area contributed by atoms with Gasteiger partial charge in [-0.1, -0.05) is 35.9 Å². The molecule has 0 saturated carbocycles. The number of carboxylic acids is 1. The zero-order valence-electron chi connectivity index (χ0n) is 11.4. The van der Waals surface area contributed by atoms with Crippen LogP contribution in [0.1, 0.15) is 15.9 Å². The van der Waals surface area contributed by atoms with Crippen LogP contribution in [0.25, 0.3) is 10.9 Å². The lowest BCUT2D eigenvalue weighted by Crippen LogP contribution is -2.00. The predicted molar refractivity (Wildman–Crippen MR) is 80.0 cm³/mol. The van der Waals surface area contributed by atoms with Crippen LogP contribution in [0, 0.1) is 6.92 Å². The first-order chi connectivity index (χ1) is 10.1. The standard InChI is InChI=1S/C17H13NO3/c1-11-6-8-12(9-7-11)21-16-10-14(17(19)20)13-4-2-3-5-15(13)18-16/h2-10H,1H3,(H,19,20). The summed E-state index contributed by atoms with van der Waals surface area (Å²) in [4.78, 5) is 15.7. The molecule has 0 fully saturated rings. The minimum atomic E-state index is -0.998. The van der Waals surface area contributed by atoms with Gasteiger partial charge in [0.25, 0.3) is 0 Å². The van der Waals surface area contributed by atoms with Crippen molar-refractivity contribution in [2.45, 2.75) is 6.92 Å². The van der Waals surface area contributed by atoms with Gasteiger partial charge in [-0.2, -0.15) is 0 Å². The van der Waals surface area contributed by atoms with Gasteiger partial charge in [0.15, 0.2) is 0 Å². The summed E-state index contributed by atoms with van der Waals surface area (Å²) >= 11 is 0. The quantitative estimate of drug-likeness (QED) is 0.786. The molecule has 0 saturated heterocycles. The molecule has 0 radical (unpaired) electrons. The monoisotopic (exact) mass is 279 g/mol. The van der Waals surface area contributed by atoms with Crippen molar-refractivity contribution >= 4 is 16.9 Å². The Hall–Kier alpha value is -2.88. The molecular formula is C17H13NO3. The molecule has 1 heterocycles. The Morgan fingerprint density at radius 2 is 1.81 bits per heavy atom. The van der Waals surface area contributed by atoms with Gasteiger partial charge in [0.1, 0.15) is 5.75 Å². The highest BCUT2D eigenvalue weighted by Crippen LogP contribution is 2.26. The molecule has 3 aromatic rings. The number of para-hydroxylation sites is 1. The fraction of sp³-hybridized carbons (Fsp3) is 0.0588. The van der Waals surface area contributed by atoms with Crippen LogP contribution in [0.15, 0.2) is 54.6 Å². The number of pyridine rings is 1. The van der Waals surface area contributed by atoms with Gasteiger partial charge >= 0.3 is 5.97 Å². The van der Waals surface area contributed by atoms with Gasteiger partial charge in [-0.25, -0.2) is 9.78 Å². The zero-order valence-corrected chi connectivity index (χ0v) is 11.4. The van der Waals surface area contributed by atoms with E-state index in [0.29, 0.717) is 16.7 Å². The van der Waals surface area contributed by atoms with Crippen molar-refractivity contribution in [1.29, 1.82) is 0 Å². The highest BCUT2D eigenvalue weighted by Gasteiger charge is 2.12. The maximum atomic E-state index is 11.4. The van der Waals surface area contributed by atoms with E-state index < -0.39 is 5.97 Å². The Kier molecular flexibility index (Phi) is 3.28. The molecule has 0 amide bonds. The summed E-state index contributed by atoms with van der Waals surface area (Å²) in [6.07, 6.45) is 0. The number of hydrogen-bond donors (Lipinski definition) is 1. The van der Waals surface area contributed by atoms with Crippen molar-refractivity contribution < 1.29 is 14.6 Å². The Morgan fingerprint density at radius 3 is 2.52 bits per heavy atom. The molecule has 0 aliphatic heterocycles. The number of aromatic carboxylic acids is 1. The number of ether oxygens (including phenoxy) is 1. The van der Waals surface area contributed by atoms with Crippen LogP contribution in [-0.4, -0.2) is 16.1 Å². The molecule has 0 aliphatic rings. The summed E-state index contributed by atoms with van der Waals surface area (Å²) in [6, 6.07) is 16.1. The summed E-state index contributed by atoms with van der Waals surface area (Å²) in [6.45, 7) is 1.99. The molecule has 3 rings (SSSR count). The molecule has 21 heavy (non-hydrogen) atoms. The minimum Gasteiger partial charge on any atom is -0.478 e. The largest absolute Gasteiger partial charge is 0.478 e. The SMILES string of the molecule is Cc1ccc(Oc2cc(C(=O)O)c3ccccc3n2)cc1. The van der Waals surface area contributed by atoms with Crippen LogP contribution < -0.4 is 4.74 Å². The summed E-state index contributed by atoms with van der Waals surface area (Å²) in [5.74, 6) is -0.1000. The third kappa shape index (κ3) is 2.69. The fourth-order valence-electron chi connectivity index (χ4n) is 2.11. The fourth-order valence-corrected chi connectivity index (χ4v) is 2.11. The van der Waals surface area contributed by atoms with E-state index >= 15 is 0 Å². The number of benzene rings is 2. The van der Waals surface area contributed by atoms with E-state index in [-0.39, 0.29) is 11.4 Å². The Labute approximate surface area is 121 Å². The number of aryl methyl sites for hydroxylation is 1. The molecule has 0 atom stereocenters. The zero-order chi connectivity index (χ0) is 14.8. The van der Waals surface area contributed by atoms with Gasteiger partial charge in [0, 0.05) is 11.5 Å². The second kappa shape index (κ2) is 5.25. The van der Waals surface area contributed by atoms with Crippen LogP contribution in [0.3, 0.4) is 0 Å². The van der Waals surface area contributed by atoms with E-state index in [1.165, 1.54) is 6.07 Å². The van der Waals surface area contributed by atoms with Crippen LogP contribution in [0.2, 0.25) is 0 Å². The van der Waals surface area contributed by atoms with Crippen molar-refractivity contribution in [2.24, 2.45) is 0 Å². The van der Waals surface area contributed by atoms with Crippen LogP contribution in [0.5, 0.6) is 11.6 Å². The van der Waals surface area contributed by atoms with Crippen LogP contribution in [0.4, 0.5) is 0 Å². The summed E-state index contributed by atoms with van der Waals surface area (Å²) in [5, 5.41) is 9.92. The second-order valence-electron chi connectivity index (χ2n) is 4.75. The molecule has 0 unspecified atom stereocenters. The summed E-state index contributed by atoms with van der Waals surface area (Å²) < 4.78 is 5.66. The Bertz CT molecular complexity index is 810. The minimum absolute atomic E-state index is 0.183. The van der Waals surface area contributed by atoms with Crippen molar-refractivity contribution in [3.05, 3.63) is 65.7 Å². The smallest absolute Gasteiger partial charge is 0.336 e. The van der Waals surface area contributed by atoms with E-state index in [0.717, 1.165) is 5.56 Å².